The number of rotatable bonds is 12. The molecule has 1 aliphatic rings. The molecule has 1 fully saturated rings. The third kappa shape index (κ3) is 5.96. The normalized spacial score (nSPS) is 13.6. The van der Waals surface area contributed by atoms with Crippen LogP contribution in [0, 0.1) is 16.7 Å². The fourth-order valence-electron chi connectivity index (χ4n) is 4.00. The summed E-state index contributed by atoms with van der Waals surface area (Å²) in [6, 6.07) is 14.0. The van der Waals surface area contributed by atoms with Gasteiger partial charge in [0.2, 0.25) is 5.95 Å². The first kappa shape index (κ1) is 25.1. The van der Waals surface area contributed by atoms with Gasteiger partial charge in [-0.25, -0.2) is 4.98 Å². The van der Waals surface area contributed by atoms with Crippen LogP contribution in [0.5, 0.6) is 17.2 Å². The van der Waals surface area contributed by atoms with Crippen molar-refractivity contribution in [1.29, 1.82) is 5.26 Å². The van der Waals surface area contributed by atoms with Gasteiger partial charge in [-0.1, -0.05) is 12.1 Å². The summed E-state index contributed by atoms with van der Waals surface area (Å²) in [6.07, 6.45) is 4.57. The molecule has 0 atom stereocenters. The topological polar surface area (TPSA) is 139 Å². The van der Waals surface area contributed by atoms with Gasteiger partial charge in [0.15, 0.2) is 6.79 Å². The first-order valence-electron chi connectivity index (χ1n) is 11.9. The molecule has 0 radical (unpaired) electrons. The molecular formula is C27H31N5O4. The molecule has 9 nitrogen and oxygen atoms in total. The molecule has 1 aromatic heterocycles. The molecule has 0 aliphatic heterocycles. The first-order valence-corrected chi connectivity index (χ1v) is 11.9. The van der Waals surface area contributed by atoms with Gasteiger partial charge < -0.3 is 30.4 Å². The fourth-order valence-corrected chi connectivity index (χ4v) is 4.00. The first-order chi connectivity index (χ1) is 17.5. The predicted octanol–water partition coefficient (Wildman–Crippen LogP) is 4.35. The van der Waals surface area contributed by atoms with Crippen LogP contribution in [0.25, 0.3) is 11.1 Å². The largest absolute Gasteiger partial charge is 0.493 e. The summed E-state index contributed by atoms with van der Waals surface area (Å²) < 4.78 is 23.0. The Morgan fingerprint density at radius 3 is 2.39 bits per heavy atom. The minimum absolute atomic E-state index is 0.0825. The van der Waals surface area contributed by atoms with E-state index in [0.29, 0.717) is 49.1 Å². The zero-order chi connectivity index (χ0) is 25.5. The zero-order valence-electron chi connectivity index (χ0n) is 20.6. The van der Waals surface area contributed by atoms with Crippen molar-refractivity contribution in [2.75, 3.05) is 38.6 Å². The molecule has 1 aliphatic carbocycles. The Morgan fingerprint density at radius 2 is 1.78 bits per heavy atom. The Kier molecular flexibility index (Phi) is 7.76. The number of nitriles is 1. The van der Waals surface area contributed by atoms with Crippen LogP contribution in [0.4, 0.5) is 11.8 Å². The number of aromatic nitrogens is 2. The lowest BCUT2D eigenvalue weighted by atomic mass is 9.98. The van der Waals surface area contributed by atoms with E-state index in [1.54, 1.807) is 13.3 Å². The van der Waals surface area contributed by atoms with E-state index >= 15 is 0 Å². The predicted molar refractivity (Wildman–Crippen MR) is 137 cm³/mol. The molecule has 0 amide bonds. The van der Waals surface area contributed by atoms with E-state index in [4.69, 9.17) is 30.4 Å². The van der Waals surface area contributed by atoms with Crippen LogP contribution in [-0.4, -0.2) is 37.1 Å². The number of nitrogens with two attached hydrogens (primary N) is 2. The van der Waals surface area contributed by atoms with Crippen LogP contribution in [0.1, 0.15) is 37.3 Å². The Hall–Kier alpha value is -4.03. The monoisotopic (exact) mass is 489 g/mol. The van der Waals surface area contributed by atoms with Gasteiger partial charge in [0.1, 0.15) is 23.1 Å². The number of hydrogen-bond donors (Lipinski definition) is 2. The van der Waals surface area contributed by atoms with Crippen molar-refractivity contribution in [3.05, 3.63) is 53.7 Å². The van der Waals surface area contributed by atoms with Crippen molar-refractivity contribution < 1.29 is 18.9 Å². The number of nitrogens with zero attached hydrogens (tertiary/aromatic N) is 3. The summed E-state index contributed by atoms with van der Waals surface area (Å²) in [5, 5.41) is 9.25. The number of nitrogen functional groups attached to an aromatic ring is 2. The van der Waals surface area contributed by atoms with E-state index in [2.05, 4.69) is 16.0 Å². The zero-order valence-corrected chi connectivity index (χ0v) is 20.6. The molecule has 4 N–H and O–H groups in total. The highest BCUT2D eigenvalue weighted by Gasteiger charge is 2.43. The van der Waals surface area contributed by atoms with Gasteiger partial charge in [0.05, 0.1) is 24.8 Å². The highest BCUT2D eigenvalue weighted by molar-refractivity contribution is 5.78. The molecule has 3 aromatic rings. The van der Waals surface area contributed by atoms with Crippen molar-refractivity contribution in [3.8, 4) is 34.4 Å². The lowest BCUT2D eigenvalue weighted by Gasteiger charge is -2.20. The Morgan fingerprint density at radius 1 is 1.06 bits per heavy atom. The van der Waals surface area contributed by atoms with Gasteiger partial charge in [-0.2, -0.15) is 10.2 Å². The van der Waals surface area contributed by atoms with Crippen molar-refractivity contribution >= 4 is 11.8 Å². The highest BCUT2D eigenvalue weighted by atomic mass is 16.7. The quantitative estimate of drug-likeness (QED) is 0.355. The van der Waals surface area contributed by atoms with Crippen LogP contribution in [0.2, 0.25) is 0 Å². The van der Waals surface area contributed by atoms with E-state index in [0.717, 1.165) is 35.1 Å². The van der Waals surface area contributed by atoms with Crippen LogP contribution >= 0.6 is 0 Å². The van der Waals surface area contributed by atoms with Crippen molar-refractivity contribution in [2.45, 2.75) is 32.6 Å². The third-order valence-corrected chi connectivity index (χ3v) is 6.17. The van der Waals surface area contributed by atoms with Gasteiger partial charge in [-0.15, -0.1) is 0 Å². The molecule has 0 bridgehead atoms. The molecule has 4 rings (SSSR count). The average Bonchev–Trinajstić information content (AvgIpc) is 3.64. The summed E-state index contributed by atoms with van der Waals surface area (Å²) in [7, 11) is 1.58. The SMILES string of the molecule is CCOc1cc(Cc2cnc(N)nc2N)cc(OCC2(CC#N)CC2)c1-c1ccc(OCOC)cc1. The lowest BCUT2D eigenvalue weighted by Crippen LogP contribution is -2.13. The molecule has 188 valence electrons. The van der Waals surface area contributed by atoms with Crippen molar-refractivity contribution in [2.24, 2.45) is 5.41 Å². The van der Waals surface area contributed by atoms with Gasteiger partial charge in [0, 0.05) is 37.1 Å². The molecule has 0 saturated heterocycles. The Balaban J connectivity index is 1.73. The number of hydrogen-bond acceptors (Lipinski definition) is 9. The van der Waals surface area contributed by atoms with Gasteiger partial charge >= 0.3 is 0 Å². The summed E-state index contributed by atoms with van der Waals surface area (Å²) in [5.74, 6) is 2.54. The van der Waals surface area contributed by atoms with Crippen LogP contribution in [0.3, 0.4) is 0 Å². The summed E-state index contributed by atoms with van der Waals surface area (Å²) in [4.78, 5) is 8.16. The second-order valence-electron chi connectivity index (χ2n) is 8.91. The van der Waals surface area contributed by atoms with E-state index in [-0.39, 0.29) is 18.2 Å². The van der Waals surface area contributed by atoms with Gasteiger partial charge in [0.25, 0.3) is 0 Å². The van der Waals surface area contributed by atoms with Crippen LogP contribution < -0.4 is 25.7 Å². The average molecular weight is 490 g/mol. The van der Waals surface area contributed by atoms with E-state index in [1.165, 1.54) is 0 Å². The van der Waals surface area contributed by atoms with E-state index < -0.39 is 0 Å². The summed E-state index contributed by atoms with van der Waals surface area (Å²) in [6.45, 7) is 3.06. The van der Waals surface area contributed by atoms with Gasteiger partial charge in [-0.3, -0.25) is 0 Å². The summed E-state index contributed by atoms with van der Waals surface area (Å²) in [5.41, 5.74) is 15.1. The highest BCUT2D eigenvalue weighted by Crippen LogP contribution is 2.50. The second-order valence-corrected chi connectivity index (χ2v) is 8.91. The molecule has 1 heterocycles. The van der Waals surface area contributed by atoms with Gasteiger partial charge in [-0.05, 0) is 55.2 Å². The molecular weight excluding hydrogens is 458 g/mol. The smallest absolute Gasteiger partial charge is 0.221 e. The minimum Gasteiger partial charge on any atom is -0.493 e. The number of ether oxygens (including phenoxy) is 4. The third-order valence-electron chi connectivity index (χ3n) is 6.17. The maximum atomic E-state index is 9.25. The van der Waals surface area contributed by atoms with Crippen LogP contribution in [-0.2, 0) is 11.2 Å². The molecule has 0 spiro atoms. The maximum absolute atomic E-state index is 9.25. The standard InChI is InChI=1S/C27H31N5O4/c1-3-34-22-13-18(12-20-15-31-26(30)32-25(20)29)14-23(35-16-27(8-9-27)10-11-28)24(22)19-4-6-21(7-5-19)36-17-33-2/h4-7,13-15H,3,8-10,12,16-17H2,1-2H3,(H4,29,30,31,32). The minimum atomic E-state index is -0.0825. The number of methoxy groups -OCH3 is 1. The second kappa shape index (κ2) is 11.1. The number of benzene rings is 2. The van der Waals surface area contributed by atoms with Crippen molar-refractivity contribution in [1.82, 2.24) is 9.97 Å². The molecule has 2 aromatic carbocycles. The maximum Gasteiger partial charge on any atom is 0.221 e. The molecule has 36 heavy (non-hydrogen) atoms. The Bertz CT molecular complexity index is 1240. The molecule has 1 saturated carbocycles. The number of anilines is 2. The molecule has 0 unspecified atom stereocenters. The molecule has 9 heteroatoms. The Labute approximate surface area is 211 Å². The van der Waals surface area contributed by atoms with E-state index in [9.17, 15) is 5.26 Å². The van der Waals surface area contributed by atoms with E-state index in [1.807, 2.05) is 43.3 Å². The lowest BCUT2D eigenvalue weighted by molar-refractivity contribution is 0.0511. The van der Waals surface area contributed by atoms with Crippen molar-refractivity contribution in [3.63, 3.8) is 0 Å². The fraction of sp³-hybridized carbons (Fsp3) is 0.370. The van der Waals surface area contributed by atoms with Crippen LogP contribution in [0.15, 0.2) is 42.6 Å². The summed E-state index contributed by atoms with van der Waals surface area (Å²) >= 11 is 0.